The lowest BCUT2D eigenvalue weighted by atomic mass is 9.98. The Kier molecular flexibility index (Phi) is 5.24. The topological polar surface area (TPSA) is 6.48 Å². The van der Waals surface area contributed by atoms with E-state index in [1.165, 1.54) is 17.7 Å². The van der Waals surface area contributed by atoms with Crippen molar-refractivity contribution in [2.45, 2.75) is 50.4 Å². The smallest absolute Gasteiger partial charge is 0.238 e. The fraction of sp³-hybridized carbons (Fsp3) is 0.455. The van der Waals surface area contributed by atoms with E-state index in [-0.39, 0.29) is 6.04 Å². The molecule has 0 aromatic heterocycles. The normalized spacial score (nSPS) is 24.6. The number of halogens is 3. The summed E-state index contributed by atoms with van der Waals surface area (Å²) in [5, 5.41) is 4.59. The van der Waals surface area contributed by atoms with Crippen LogP contribution in [0.15, 0.2) is 54.6 Å². The Morgan fingerprint density at radius 1 is 0.815 bits per heavy atom. The number of alkyl halides is 3. The molecule has 0 aliphatic carbocycles. The molecule has 2 aromatic rings. The van der Waals surface area contributed by atoms with Crippen molar-refractivity contribution in [3.8, 4) is 0 Å². The second kappa shape index (κ2) is 7.64. The third kappa shape index (κ3) is 3.90. The molecule has 2 unspecified atom stereocenters. The van der Waals surface area contributed by atoms with Gasteiger partial charge in [0.1, 0.15) is 0 Å². The van der Waals surface area contributed by atoms with Crippen LogP contribution in [0.3, 0.4) is 0 Å². The van der Waals surface area contributed by atoms with Crippen LogP contribution in [-0.4, -0.2) is 29.1 Å². The largest absolute Gasteiger partial charge is 0.416 e. The molecule has 2 heterocycles. The molecule has 2 aliphatic rings. The molecule has 0 N–H and O–H groups in total. The highest BCUT2D eigenvalue weighted by Gasteiger charge is 2.41. The summed E-state index contributed by atoms with van der Waals surface area (Å²) in [5.74, 6) is 0. The Morgan fingerprint density at radius 2 is 1.48 bits per heavy atom. The summed E-state index contributed by atoms with van der Waals surface area (Å²) in [4.78, 5) is 0. The van der Waals surface area contributed by atoms with E-state index in [0.717, 1.165) is 45.2 Å². The van der Waals surface area contributed by atoms with Crippen LogP contribution < -0.4 is 0 Å². The van der Waals surface area contributed by atoms with Gasteiger partial charge < -0.3 is 0 Å². The molecule has 27 heavy (non-hydrogen) atoms. The van der Waals surface area contributed by atoms with Gasteiger partial charge in [-0.3, -0.25) is 0 Å². The van der Waals surface area contributed by atoms with Crippen molar-refractivity contribution in [3.05, 3.63) is 71.3 Å². The molecule has 2 aromatic carbocycles. The summed E-state index contributed by atoms with van der Waals surface area (Å²) in [6.07, 6.45) is 0.554. The second-order valence-electron chi connectivity index (χ2n) is 7.55. The van der Waals surface area contributed by atoms with Crippen molar-refractivity contribution in [2.75, 3.05) is 13.1 Å². The first-order chi connectivity index (χ1) is 13.0. The summed E-state index contributed by atoms with van der Waals surface area (Å²) in [7, 11) is 0. The predicted octanol–water partition coefficient (Wildman–Crippen LogP) is 5.46. The minimum absolute atomic E-state index is 0.181. The van der Waals surface area contributed by atoms with Gasteiger partial charge in [-0.05, 0) is 49.3 Å². The Morgan fingerprint density at radius 3 is 2.26 bits per heavy atom. The Labute approximate surface area is 158 Å². The number of nitrogens with zero attached hydrogens (tertiary/aromatic N) is 2. The third-order valence-electron chi connectivity index (χ3n) is 5.84. The summed E-state index contributed by atoms with van der Waals surface area (Å²) in [6.45, 7) is 1.77. The Bertz CT molecular complexity index is 760. The highest BCUT2D eigenvalue weighted by molar-refractivity contribution is 5.33. The van der Waals surface area contributed by atoms with E-state index in [4.69, 9.17) is 0 Å². The third-order valence-corrected chi connectivity index (χ3v) is 5.84. The van der Waals surface area contributed by atoms with Crippen LogP contribution in [0, 0.1) is 0 Å². The minimum atomic E-state index is -4.31. The monoisotopic (exact) mass is 374 g/mol. The maximum atomic E-state index is 13.5. The van der Waals surface area contributed by atoms with E-state index in [0.29, 0.717) is 11.6 Å². The van der Waals surface area contributed by atoms with Gasteiger partial charge in [-0.15, -0.1) is 0 Å². The zero-order valence-corrected chi connectivity index (χ0v) is 15.3. The molecule has 2 aliphatic heterocycles. The maximum Gasteiger partial charge on any atom is 0.416 e. The van der Waals surface area contributed by atoms with Gasteiger partial charge in [-0.1, -0.05) is 48.5 Å². The maximum absolute atomic E-state index is 13.5. The number of hydrogen-bond acceptors (Lipinski definition) is 2. The molecule has 2 atom stereocenters. The van der Waals surface area contributed by atoms with Gasteiger partial charge in [0.15, 0.2) is 0 Å². The van der Waals surface area contributed by atoms with E-state index in [1.54, 1.807) is 12.1 Å². The van der Waals surface area contributed by atoms with E-state index in [1.807, 2.05) is 18.2 Å². The van der Waals surface area contributed by atoms with Crippen molar-refractivity contribution in [2.24, 2.45) is 0 Å². The highest BCUT2D eigenvalue weighted by atomic mass is 19.4. The van der Waals surface area contributed by atoms with Crippen molar-refractivity contribution < 1.29 is 13.2 Å². The molecule has 2 nitrogen and oxygen atoms in total. The lowest BCUT2D eigenvalue weighted by Crippen LogP contribution is -2.46. The van der Waals surface area contributed by atoms with Crippen LogP contribution in [0.5, 0.6) is 0 Å². The molecule has 0 radical (unpaired) electrons. The van der Waals surface area contributed by atoms with E-state index >= 15 is 0 Å². The standard InChI is InChI=1S/C22H25F3N2/c23-22(24,25)20-12-5-4-11-19(20)21-13-7-15-27(21)26-14-6-10-18(26)16-17-8-2-1-3-9-17/h1-5,8-9,11-12,18,21H,6-7,10,13-16H2. The zero-order valence-electron chi connectivity index (χ0n) is 15.3. The molecule has 0 bridgehead atoms. The number of benzene rings is 2. The first-order valence-electron chi connectivity index (χ1n) is 9.77. The fourth-order valence-corrected chi connectivity index (χ4v) is 4.67. The molecular formula is C22H25F3N2. The van der Waals surface area contributed by atoms with Crippen LogP contribution in [0.25, 0.3) is 0 Å². The summed E-state index contributed by atoms with van der Waals surface area (Å²) in [5.41, 5.74) is 1.23. The van der Waals surface area contributed by atoms with E-state index in [9.17, 15) is 13.2 Å². The molecule has 4 rings (SSSR count). The van der Waals surface area contributed by atoms with Gasteiger partial charge in [0.25, 0.3) is 0 Å². The number of rotatable bonds is 4. The van der Waals surface area contributed by atoms with Crippen LogP contribution >= 0.6 is 0 Å². The quantitative estimate of drug-likeness (QED) is 0.701. The van der Waals surface area contributed by atoms with Gasteiger partial charge in [0, 0.05) is 19.1 Å². The Hall–Kier alpha value is -1.85. The van der Waals surface area contributed by atoms with Crippen molar-refractivity contribution in [1.82, 2.24) is 10.0 Å². The molecule has 0 spiro atoms. The number of hydrazine groups is 1. The first-order valence-corrected chi connectivity index (χ1v) is 9.77. The summed E-state index contributed by atoms with van der Waals surface area (Å²) < 4.78 is 40.6. The van der Waals surface area contributed by atoms with Gasteiger partial charge in [0.2, 0.25) is 0 Å². The molecule has 0 amide bonds. The lowest BCUT2D eigenvalue weighted by molar-refractivity contribution is -0.139. The van der Waals surface area contributed by atoms with Gasteiger partial charge >= 0.3 is 6.18 Å². The first kappa shape index (κ1) is 18.5. The zero-order chi connectivity index (χ0) is 18.9. The van der Waals surface area contributed by atoms with E-state index in [2.05, 4.69) is 22.2 Å². The molecule has 2 saturated heterocycles. The predicted molar refractivity (Wildman–Crippen MR) is 100.0 cm³/mol. The van der Waals surface area contributed by atoms with Crippen LogP contribution in [0.1, 0.15) is 48.4 Å². The van der Waals surface area contributed by atoms with Crippen molar-refractivity contribution in [3.63, 3.8) is 0 Å². The van der Waals surface area contributed by atoms with Crippen LogP contribution in [-0.2, 0) is 12.6 Å². The van der Waals surface area contributed by atoms with Gasteiger partial charge in [0.05, 0.1) is 11.6 Å². The van der Waals surface area contributed by atoms with E-state index < -0.39 is 11.7 Å². The van der Waals surface area contributed by atoms with Crippen LogP contribution in [0.2, 0.25) is 0 Å². The summed E-state index contributed by atoms with van der Waals surface area (Å²) >= 11 is 0. The average molecular weight is 374 g/mol. The van der Waals surface area contributed by atoms with Crippen molar-refractivity contribution in [1.29, 1.82) is 0 Å². The molecule has 0 saturated carbocycles. The fourth-order valence-electron chi connectivity index (χ4n) is 4.67. The molecule has 2 fully saturated rings. The molecule has 5 heteroatoms. The summed E-state index contributed by atoms with van der Waals surface area (Å²) in [6, 6.07) is 16.7. The highest BCUT2D eigenvalue weighted by Crippen LogP contribution is 2.42. The van der Waals surface area contributed by atoms with Crippen molar-refractivity contribution >= 4 is 0 Å². The number of hydrogen-bond donors (Lipinski definition) is 0. The minimum Gasteiger partial charge on any atom is -0.238 e. The Balaban J connectivity index is 1.58. The SMILES string of the molecule is FC(F)(F)c1ccccc1C1CCCN1N1CCCC1Cc1ccccc1. The molecule has 144 valence electrons. The van der Waals surface area contributed by atoms with Gasteiger partial charge in [-0.2, -0.15) is 13.2 Å². The second-order valence-corrected chi connectivity index (χ2v) is 7.55. The lowest BCUT2D eigenvalue weighted by Gasteiger charge is -2.38. The van der Waals surface area contributed by atoms with Crippen LogP contribution in [0.4, 0.5) is 13.2 Å². The average Bonchev–Trinajstić information content (AvgIpc) is 3.30. The van der Waals surface area contributed by atoms with Gasteiger partial charge in [-0.25, -0.2) is 10.0 Å². The molecular weight excluding hydrogens is 349 g/mol.